The average molecular weight is 385 g/mol. The fourth-order valence-corrected chi connectivity index (χ4v) is 2.44. The molecule has 0 heterocycles. The number of hydrogen-bond donors (Lipinski definition) is 2. The SMILES string of the molecule is CCOC(=O)/C(C)=C/[C@H](C(C)C)N(C)C(=O)CNC(=O)N(C)NC(C)(C)C. The number of carbonyl (C=O) groups is 3. The lowest BCUT2D eigenvalue weighted by molar-refractivity contribution is -0.138. The van der Waals surface area contributed by atoms with Gasteiger partial charge in [-0.3, -0.25) is 9.80 Å². The summed E-state index contributed by atoms with van der Waals surface area (Å²) in [4.78, 5) is 38.0. The molecule has 0 aliphatic heterocycles. The van der Waals surface area contributed by atoms with E-state index >= 15 is 0 Å². The number of carbonyl (C=O) groups excluding carboxylic acids is 3. The van der Waals surface area contributed by atoms with E-state index in [-0.39, 0.29) is 30.0 Å². The molecule has 0 bridgehead atoms. The van der Waals surface area contributed by atoms with Crippen LogP contribution in [0.2, 0.25) is 0 Å². The van der Waals surface area contributed by atoms with Crippen LogP contribution in [0.15, 0.2) is 11.6 Å². The topological polar surface area (TPSA) is 91.0 Å². The number of nitrogens with zero attached hydrogens (tertiary/aromatic N) is 2. The Bertz CT molecular complexity index is 552. The van der Waals surface area contributed by atoms with E-state index in [0.29, 0.717) is 12.2 Å². The molecular formula is C19H36N4O4. The number of nitrogens with one attached hydrogen (secondary N) is 2. The molecule has 0 aliphatic carbocycles. The maximum atomic E-state index is 12.5. The summed E-state index contributed by atoms with van der Waals surface area (Å²) >= 11 is 0. The molecule has 0 saturated heterocycles. The van der Waals surface area contributed by atoms with Crippen molar-refractivity contribution in [3.8, 4) is 0 Å². The van der Waals surface area contributed by atoms with Gasteiger partial charge in [0.05, 0.1) is 19.2 Å². The Morgan fingerprint density at radius 3 is 2.15 bits per heavy atom. The number of likely N-dealkylation sites (N-methyl/N-ethyl adjacent to an activating group) is 1. The molecule has 2 N–H and O–H groups in total. The minimum Gasteiger partial charge on any atom is -0.463 e. The molecule has 0 radical (unpaired) electrons. The lowest BCUT2D eigenvalue weighted by Gasteiger charge is -2.31. The molecule has 0 aromatic carbocycles. The summed E-state index contributed by atoms with van der Waals surface area (Å²) < 4.78 is 4.99. The standard InChI is InChI=1S/C19H36N4O4/c1-10-27-17(25)14(4)11-15(13(2)3)22(8)16(24)12-20-18(26)23(9)21-19(5,6)7/h11,13,15,21H,10,12H2,1-9H3,(H,20,26)/b14-11+/t15-/m1/s1. The normalized spacial score (nSPS) is 13.2. The third-order valence-electron chi connectivity index (χ3n) is 3.74. The Hall–Kier alpha value is -2.09. The highest BCUT2D eigenvalue weighted by Gasteiger charge is 2.24. The van der Waals surface area contributed by atoms with Crippen molar-refractivity contribution >= 4 is 17.9 Å². The summed E-state index contributed by atoms with van der Waals surface area (Å²) in [6, 6.07) is -0.685. The third-order valence-corrected chi connectivity index (χ3v) is 3.74. The monoisotopic (exact) mass is 384 g/mol. The molecule has 3 amide bonds. The third kappa shape index (κ3) is 9.42. The van der Waals surface area contributed by atoms with Gasteiger partial charge in [0.25, 0.3) is 0 Å². The van der Waals surface area contributed by atoms with E-state index in [1.54, 1.807) is 34.0 Å². The summed E-state index contributed by atoms with van der Waals surface area (Å²) in [7, 11) is 3.25. The predicted molar refractivity (Wildman–Crippen MR) is 106 cm³/mol. The van der Waals surface area contributed by atoms with Crippen LogP contribution in [0.25, 0.3) is 0 Å². The maximum absolute atomic E-state index is 12.5. The van der Waals surface area contributed by atoms with Crippen molar-refractivity contribution in [1.82, 2.24) is 20.7 Å². The molecule has 0 fully saturated rings. The van der Waals surface area contributed by atoms with E-state index in [1.165, 1.54) is 9.91 Å². The van der Waals surface area contributed by atoms with Gasteiger partial charge in [-0.15, -0.1) is 0 Å². The van der Waals surface area contributed by atoms with Crippen LogP contribution in [0.5, 0.6) is 0 Å². The van der Waals surface area contributed by atoms with Crippen molar-refractivity contribution in [2.24, 2.45) is 5.92 Å². The molecule has 0 aromatic heterocycles. The van der Waals surface area contributed by atoms with Gasteiger partial charge in [0.1, 0.15) is 0 Å². The minimum atomic E-state index is -0.397. The van der Waals surface area contributed by atoms with Gasteiger partial charge in [-0.2, -0.15) is 0 Å². The van der Waals surface area contributed by atoms with Crippen LogP contribution in [0.3, 0.4) is 0 Å². The summed E-state index contributed by atoms with van der Waals surface area (Å²) in [6.45, 7) is 13.3. The maximum Gasteiger partial charge on any atom is 0.333 e. The van der Waals surface area contributed by atoms with Crippen molar-refractivity contribution in [3.63, 3.8) is 0 Å². The van der Waals surface area contributed by atoms with Crippen LogP contribution in [-0.4, -0.2) is 66.6 Å². The fraction of sp³-hybridized carbons (Fsp3) is 0.737. The van der Waals surface area contributed by atoms with Crippen LogP contribution in [-0.2, 0) is 14.3 Å². The van der Waals surface area contributed by atoms with Crippen molar-refractivity contribution in [2.75, 3.05) is 27.2 Å². The lowest BCUT2D eigenvalue weighted by atomic mass is 10.00. The molecule has 0 aliphatic rings. The van der Waals surface area contributed by atoms with Crippen molar-refractivity contribution in [1.29, 1.82) is 0 Å². The number of ether oxygens (including phenoxy) is 1. The first kappa shape index (κ1) is 24.9. The molecule has 0 aromatic rings. The highest BCUT2D eigenvalue weighted by atomic mass is 16.5. The zero-order valence-electron chi connectivity index (χ0n) is 18.2. The molecule has 8 heteroatoms. The Labute approximate surface area is 163 Å². The average Bonchev–Trinajstić information content (AvgIpc) is 2.54. The molecule has 0 spiro atoms. The first-order chi connectivity index (χ1) is 12.3. The molecule has 0 saturated carbocycles. The van der Waals surface area contributed by atoms with Gasteiger partial charge in [-0.25, -0.2) is 15.0 Å². The van der Waals surface area contributed by atoms with Crippen molar-refractivity contribution in [2.45, 2.75) is 60.0 Å². The van der Waals surface area contributed by atoms with E-state index in [4.69, 9.17) is 4.74 Å². The number of amides is 3. The Morgan fingerprint density at radius 1 is 1.15 bits per heavy atom. The van der Waals surface area contributed by atoms with E-state index in [9.17, 15) is 14.4 Å². The largest absolute Gasteiger partial charge is 0.463 e. The van der Waals surface area contributed by atoms with Gasteiger partial charge >= 0.3 is 12.0 Å². The predicted octanol–water partition coefficient (Wildman–Crippen LogP) is 1.92. The molecule has 1 atom stereocenters. The number of rotatable bonds is 8. The Morgan fingerprint density at radius 2 is 1.70 bits per heavy atom. The number of urea groups is 1. The second-order valence-corrected chi connectivity index (χ2v) is 7.89. The van der Waals surface area contributed by atoms with Gasteiger partial charge in [-0.05, 0) is 40.5 Å². The van der Waals surface area contributed by atoms with Crippen molar-refractivity contribution < 1.29 is 19.1 Å². The second-order valence-electron chi connectivity index (χ2n) is 7.89. The minimum absolute atomic E-state index is 0.0873. The summed E-state index contributed by atoms with van der Waals surface area (Å²) in [5.74, 6) is -0.560. The Balaban J connectivity index is 4.93. The van der Waals surface area contributed by atoms with E-state index in [0.717, 1.165) is 0 Å². The van der Waals surface area contributed by atoms with E-state index < -0.39 is 12.0 Å². The first-order valence-corrected chi connectivity index (χ1v) is 9.20. The van der Waals surface area contributed by atoms with Crippen LogP contribution in [0.4, 0.5) is 4.79 Å². The second kappa shape index (κ2) is 10.9. The van der Waals surface area contributed by atoms with Crippen LogP contribution >= 0.6 is 0 Å². The first-order valence-electron chi connectivity index (χ1n) is 9.20. The van der Waals surface area contributed by atoms with Gasteiger partial charge in [-0.1, -0.05) is 19.9 Å². The van der Waals surface area contributed by atoms with Gasteiger partial charge in [0, 0.05) is 25.2 Å². The molecule has 0 rings (SSSR count). The molecular weight excluding hydrogens is 348 g/mol. The van der Waals surface area contributed by atoms with Crippen LogP contribution in [0.1, 0.15) is 48.5 Å². The van der Waals surface area contributed by atoms with Crippen LogP contribution in [0, 0.1) is 5.92 Å². The fourth-order valence-electron chi connectivity index (χ4n) is 2.44. The number of esters is 1. The molecule has 0 unspecified atom stereocenters. The highest BCUT2D eigenvalue weighted by Crippen LogP contribution is 2.14. The zero-order valence-corrected chi connectivity index (χ0v) is 18.2. The number of hydrazine groups is 1. The van der Waals surface area contributed by atoms with E-state index in [1.807, 2.05) is 34.6 Å². The van der Waals surface area contributed by atoms with E-state index in [2.05, 4.69) is 10.7 Å². The van der Waals surface area contributed by atoms with Crippen molar-refractivity contribution in [3.05, 3.63) is 11.6 Å². The van der Waals surface area contributed by atoms with Gasteiger partial charge in [0.2, 0.25) is 5.91 Å². The quantitative estimate of drug-likeness (QED) is 0.379. The summed E-state index contributed by atoms with van der Waals surface area (Å²) in [5.41, 5.74) is 3.18. The lowest BCUT2D eigenvalue weighted by Crippen LogP contribution is -2.54. The van der Waals surface area contributed by atoms with Crippen LogP contribution < -0.4 is 10.7 Å². The summed E-state index contributed by atoms with van der Waals surface area (Å²) in [5, 5.41) is 3.91. The Kier molecular flexibility index (Phi) is 10.1. The zero-order chi connectivity index (χ0) is 21.4. The molecule has 156 valence electrons. The number of hydrogen-bond acceptors (Lipinski definition) is 5. The summed E-state index contributed by atoms with van der Waals surface area (Å²) in [6.07, 6.45) is 1.73. The molecule has 8 nitrogen and oxygen atoms in total. The van der Waals surface area contributed by atoms with Gasteiger partial charge in [0.15, 0.2) is 0 Å². The molecule has 27 heavy (non-hydrogen) atoms. The highest BCUT2D eigenvalue weighted by molar-refractivity contribution is 5.88. The van der Waals surface area contributed by atoms with Gasteiger partial charge < -0.3 is 15.0 Å². The smallest absolute Gasteiger partial charge is 0.333 e.